The lowest BCUT2D eigenvalue weighted by Gasteiger charge is -2.36. The quantitative estimate of drug-likeness (QED) is 0.714. The lowest BCUT2D eigenvalue weighted by atomic mass is 9.87. The van der Waals surface area contributed by atoms with E-state index in [9.17, 15) is 9.59 Å². The number of thioether (sulfide) groups is 1. The van der Waals surface area contributed by atoms with E-state index < -0.39 is 5.41 Å². The molecule has 1 unspecified atom stereocenters. The number of thiazole rings is 1. The predicted molar refractivity (Wildman–Crippen MR) is 105 cm³/mol. The van der Waals surface area contributed by atoms with Gasteiger partial charge in [0.25, 0.3) is 0 Å². The number of hydrogen-bond donors (Lipinski definition) is 2. The Hall–Kier alpha value is -1.68. The molecule has 0 radical (unpaired) electrons. The van der Waals surface area contributed by atoms with Crippen molar-refractivity contribution in [2.24, 2.45) is 5.41 Å². The molecule has 2 aromatic rings. The second-order valence-electron chi connectivity index (χ2n) is 7.09. The van der Waals surface area contributed by atoms with Crippen molar-refractivity contribution in [1.82, 2.24) is 10.3 Å². The van der Waals surface area contributed by atoms with Gasteiger partial charge in [-0.3, -0.25) is 9.59 Å². The van der Waals surface area contributed by atoms with Gasteiger partial charge in [0.15, 0.2) is 4.34 Å². The maximum Gasteiger partial charge on any atom is 0.234 e. The van der Waals surface area contributed by atoms with Gasteiger partial charge in [-0.1, -0.05) is 11.8 Å². The summed E-state index contributed by atoms with van der Waals surface area (Å²) in [4.78, 5) is 28.9. The Morgan fingerprint density at radius 1 is 1.37 bits per heavy atom. The first kappa shape index (κ1) is 18.7. The van der Waals surface area contributed by atoms with Crippen molar-refractivity contribution in [3.63, 3.8) is 0 Å². The average Bonchev–Trinajstić information content (AvgIpc) is 3.26. The van der Waals surface area contributed by atoms with Crippen molar-refractivity contribution in [3.05, 3.63) is 18.2 Å². The highest BCUT2D eigenvalue weighted by molar-refractivity contribution is 8.01. The molecule has 2 saturated heterocycles. The SMILES string of the molecule is CC1(C(=O)Nc2ccc3nc(SCC(=O)NC4CCOC4)sc3c2)COC1. The fourth-order valence-electron chi connectivity index (χ4n) is 2.91. The lowest BCUT2D eigenvalue weighted by Crippen LogP contribution is -2.49. The van der Waals surface area contributed by atoms with Gasteiger partial charge in [0.05, 0.1) is 47.2 Å². The highest BCUT2D eigenvalue weighted by Crippen LogP contribution is 2.32. The molecule has 2 aliphatic heterocycles. The number of carbonyl (C=O) groups is 2. The summed E-state index contributed by atoms with van der Waals surface area (Å²) in [6, 6.07) is 5.79. The molecule has 27 heavy (non-hydrogen) atoms. The van der Waals surface area contributed by atoms with Crippen molar-refractivity contribution in [2.75, 3.05) is 37.5 Å². The molecule has 0 spiro atoms. The van der Waals surface area contributed by atoms with Gasteiger partial charge in [0, 0.05) is 12.3 Å². The number of anilines is 1. The van der Waals surface area contributed by atoms with Gasteiger partial charge in [-0.15, -0.1) is 11.3 Å². The fourth-order valence-corrected chi connectivity index (χ4v) is 4.83. The number of nitrogens with zero attached hydrogens (tertiary/aromatic N) is 1. The summed E-state index contributed by atoms with van der Waals surface area (Å²) in [7, 11) is 0. The minimum atomic E-state index is -0.443. The van der Waals surface area contributed by atoms with E-state index in [1.807, 2.05) is 25.1 Å². The number of rotatable bonds is 6. The first-order chi connectivity index (χ1) is 13.0. The summed E-state index contributed by atoms with van der Waals surface area (Å²) in [6.45, 7) is 4.11. The molecule has 0 aliphatic carbocycles. The molecular formula is C18H21N3O4S2. The lowest BCUT2D eigenvalue weighted by molar-refractivity contribution is -0.151. The zero-order valence-electron chi connectivity index (χ0n) is 14.9. The molecule has 1 aromatic heterocycles. The van der Waals surface area contributed by atoms with Crippen LogP contribution >= 0.6 is 23.1 Å². The molecule has 9 heteroatoms. The zero-order chi connectivity index (χ0) is 18.9. The van der Waals surface area contributed by atoms with Gasteiger partial charge in [0.2, 0.25) is 11.8 Å². The Balaban J connectivity index is 1.35. The third-order valence-corrected chi connectivity index (χ3v) is 6.80. The summed E-state index contributed by atoms with van der Waals surface area (Å²) >= 11 is 2.95. The highest BCUT2D eigenvalue weighted by atomic mass is 32.2. The Labute approximate surface area is 165 Å². The zero-order valence-corrected chi connectivity index (χ0v) is 16.6. The number of ether oxygens (including phenoxy) is 2. The molecule has 144 valence electrons. The molecule has 2 fully saturated rings. The Kier molecular flexibility index (Phi) is 5.36. The first-order valence-electron chi connectivity index (χ1n) is 8.82. The van der Waals surface area contributed by atoms with Crippen LogP contribution in [0.2, 0.25) is 0 Å². The monoisotopic (exact) mass is 407 g/mol. The van der Waals surface area contributed by atoms with Crippen molar-refractivity contribution in [2.45, 2.75) is 23.7 Å². The third kappa shape index (κ3) is 4.26. The maximum absolute atomic E-state index is 12.3. The smallest absolute Gasteiger partial charge is 0.234 e. The number of benzene rings is 1. The highest BCUT2D eigenvalue weighted by Gasteiger charge is 2.41. The van der Waals surface area contributed by atoms with E-state index in [1.54, 1.807) is 0 Å². The minimum absolute atomic E-state index is 0.00123. The van der Waals surface area contributed by atoms with Crippen molar-refractivity contribution >= 4 is 50.8 Å². The Morgan fingerprint density at radius 2 is 2.22 bits per heavy atom. The summed E-state index contributed by atoms with van der Waals surface area (Å²) in [5, 5.41) is 5.93. The minimum Gasteiger partial charge on any atom is -0.379 e. The molecule has 2 N–H and O–H groups in total. The molecule has 2 amide bonds. The van der Waals surface area contributed by atoms with E-state index in [4.69, 9.17) is 9.47 Å². The molecule has 0 saturated carbocycles. The predicted octanol–water partition coefficient (Wildman–Crippen LogP) is 2.27. The van der Waals surface area contributed by atoms with Crippen LogP contribution in [0.15, 0.2) is 22.5 Å². The van der Waals surface area contributed by atoms with Crippen LogP contribution in [-0.2, 0) is 19.1 Å². The third-order valence-electron chi connectivity index (χ3n) is 4.64. The van der Waals surface area contributed by atoms with E-state index >= 15 is 0 Å². The number of aromatic nitrogens is 1. The van der Waals surface area contributed by atoms with Gasteiger partial charge in [-0.25, -0.2) is 4.98 Å². The Bertz CT molecular complexity index is 859. The molecule has 2 aliphatic rings. The number of nitrogens with one attached hydrogen (secondary N) is 2. The van der Waals surface area contributed by atoms with Crippen molar-refractivity contribution < 1.29 is 19.1 Å². The van der Waals surface area contributed by atoms with E-state index in [0.717, 1.165) is 26.7 Å². The second-order valence-corrected chi connectivity index (χ2v) is 9.34. The molecule has 7 nitrogen and oxygen atoms in total. The fraction of sp³-hybridized carbons (Fsp3) is 0.500. The van der Waals surface area contributed by atoms with Crippen LogP contribution in [0.4, 0.5) is 5.69 Å². The maximum atomic E-state index is 12.3. The molecule has 3 heterocycles. The number of hydrogen-bond acceptors (Lipinski definition) is 7. The van der Waals surface area contributed by atoms with Crippen LogP contribution in [0.25, 0.3) is 10.2 Å². The van der Waals surface area contributed by atoms with Crippen LogP contribution in [0.1, 0.15) is 13.3 Å². The second kappa shape index (κ2) is 7.75. The van der Waals surface area contributed by atoms with Gasteiger partial charge >= 0.3 is 0 Å². The molecule has 1 atom stereocenters. The number of fused-ring (bicyclic) bond motifs is 1. The normalized spacial score (nSPS) is 21.0. The summed E-state index contributed by atoms with van der Waals surface area (Å²) < 4.78 is 12.2. The Morgan fingerprint density at radius 3 is 2.93 bits per heavy atom. The van der Waals surface area contributed by atoms with Gasteiger partial charge in [0.1, 0.15) is 0 Å². The van der Waals surface area contributed by atoms with E-state index in [-0.39, 0.29) is 17.9 Å². The van der Waals surface area contributed by atoms with Crippen LogP contribution in [0.3, 0.4) is 0 Å². The summed E-state index contributed by atoms with van der Waals surface area (Å²) in [6.07, 6.45) is 0.872. The van der Waals surface area contributed by atoms with Gasteiger partial charge in [-0.05, 0) is 31.5 Å². The van der Waals surface area contributed by atoms with Crippen LogP contribution in [-0.4, -0.2) is 55.0 Å². The van der Waals surface area contributed by atoms with E-state index in [2.05, 4.69) is 15.6 Å². The topological polar surface area (TPSA) is 89.6 Å². The number of amides is 2. The summed E-state index contributed by atoms with van der Waals surface area (Å²) in [5.41, 5.74) is 1.17. The summed E-state index contributed by atoms with van der Waals surface area (Å²) in [5.74, 6) is 0.302. The van der Waals surface area contributed by atoms with Crippen LogP contribution < -0.4 is 10.6 Å². The molecule has 0 bridgehead atoms. The first-order valence-corrected chi connectivity index (χ1v) is 10.6. The largest absolute Gasteiger partial charge is 0.379 e. The van der Waals surface area contributed by atoms with Crippen molar-refractivity contribution in [3.8, 4) is 0 Å². The van der Waals surface area contributed by atoms with E-state index in [1.165, 1.54) is 23.1 Å². The molecular weight excluding hydrogens is 386 g/mol. The van der Waals surface area contributed by atoms with Gasteiger partial charge < -0.3 is 20.1 Å². The van der Waals surface area contributed by atoms with Crippen LogP contribution in [0.5, 0.6) is 0 Å². The number of carbonyl (C=O) groups excluding carboxylic acids is 2. The molecule has 1 aromatic carbocycles. The van der Waals surface area contributed by atoms with Gasteiger partial charge in [-0.2, -0.15) is 0 Å². The van der Waals surface area contributed by atoms with Crippen molar-refractivity contribution in [1.29, 1.82) is 0 Å². The van der Waals surface area contributed by atoms with Crippen LogP contribution in [0, 0.1) is 5.41 Å². The average molecular weight is 408 g/mol. The van der Waals surface area contributed by atoms with E-state index in [0.29, 0.717) is 32.2 Å². The standard InChI is InChI=1S/C18H21N3O4S2/c1-18(9-25-10-18)16(23)20-11-2-3-13-14(6-11)27-17(21-13)26-8-15(22)19-12-4-5-24-7-12/h2-3,6,12H,4-5,7-10H2,1H3,(H,19,22)(H,20,23). The molecule has 4 rings (SSSR count).